The molecule has 0 spiro atoms. The number of carbonyl (C=O) groups excluding carboxylic acids is 1. The van der Waals surface area contributed by atoms with Crippen LogP contribution >= 0.6 is 23.2 Å². The van der Waals surface area contributed by atoms with E-state index in [0.717, 1.165) is 24.9 Å². The summed E-state index contributed by atoms with van der Waals surface area (Å²) in [6.45, 7) is 3.40. The number of ether oxygens (including phenoxy) is 1. The Bertz CT molecular complexity index is 490. The van der Waals surface area contributed by atoms with Gasteiger partial charge in [0.2, 0.25) is 0 Å². The highest BCUT2D eigenvalue weighted by Crippen LogP contribution is 2.32. The molecule has 0 heterocycles. The fourth-order valence-corrected chi connectivity index (χ4v) is 2.39. The Morgan fingerprint density at radius 2 is 2.15 bits per heavy atom. The van der Waals surface area contributed by atoms with Gasteiger partial charge in [0.05, 0.1) is 5.02 Å². The average molecular weight is 317 g/mol. The fourth-order valence-electron chi connectivity index (χ4n) is 1.80. The number of carbonyl (C=O) groups is 1. The quantitative estimate of drug-likeness (QED) is 0.813. The second-order valence-corrected chi connectivity index (χ2v) is 5.63. The standard InChI is InChI=1S/C14H18Cl2N2O2/c1-2-17-7-9-5-10(15)6-12(16)14(9)20-8-13(19)18-11-3-4-11/h5-6,11,17H,2-4,7-8H2,1H3,(H,18,19). The normalized spacial score (nSPS) is 14.2. The maximum atomic E-state index is 11.6. The van der Waals surface area contributed by atoms with Crippen LogP contribution in [0.1, 0.15) is 25.3 Å². The van der Waals surface area contributed by atoms with Crippen LogP contribution in [-0.4, -0.2) is 25.1 Å². The van der Waals surface area contributed by atoms with Crippen molar-refractivity contribution in [2.75, 3.05) is 13.2 Å². The predicted molar refractivity (Wildman–Crippen MR) is 80.5 cm³/mol. The van der Waals surface area contributed by atoms with Crippen LogP contribution in [-0.2, 0) is 11.3 Å². The van der Waals surface area contributed by atoms with E-state index in [9.17, 15) is 4.79 Å². The summed E-state index contributed by atoms with van der Waals surface area (Å²) in [4.78, 5) is 11.6. The van der Waals surface area contributed by atoms with Gasteiger partial charge in [-0.3, -0.25) is 4.79 Å². The molecule has 4 nitrogen and oxygen atoms in total. The van der Waals surface area contributed by atoms with Crippen LogP contribution in [0.15, 0.2) is 12.1 Å². The molecule has 2 N–H and O–H groups in total. The molecule has 20 heavy (non-hydrogen) atoms. The van der Waals surface area contributed by atoms with Gasteiger partial charge in [-0.05, 0) is 31.5 Å². The van der Waals surface area contributed by atoms with Crippen LogP contribution in [0.2, 0.25) is 10.0 Å². The van der Waals surface area contributed by atoms with E-state index in [1.165, 1.54) is 0 Å². The maximum absolute atomic E-state index is 11.6. The number of nitrogens with one attached hydrogen (secondary N) is 2. The summed E-state index contributed by atoms with van der Waals surface area (Å²) >= 11 is 12.1. The van der Waals surface area contributed by atoms with Crippen molar-refractivity contribution in [3.05, 3.63) is 27.7 Å². The van der Waals surface area contributed by atoms with Gasteiger partial charge in [-0.15, -0.1) is 0 Å². The Labute approximate surface area is 128 Å². The molecule has 2 rings (SSSR count). The smallest absolute Gasteiger partial charge is 0.258 e. The summed E-state index contributed by atoms with van der Waals surface area (Å²) < 4.78 is 5.57. The van der Waals surface area contributed by atoms with E-state index in [1.54, 1.807) is 12.1 Å². The Morgan fingerprint density at radius 3 is 2.80 bits per heavy atom. The van der Waals surface area contributed by atoms with E-state index in [2.05, 4.69) is 10.6 Å². The van der Waals surface area contributed by atoms with E-state index in [-0.39, 0.29) is 12.5 Å². The Hall–Kier alpha value is -0.970. The average Bonchev–Trinajstić information content (AvgIpc) is 3.18. The van der Waals surface area contributed by atoms with Crippen LogP contribution in [0, 0.1) is 0 Å². The number of hydrogen-bond acceptors (Lipinski definition) is 3. The topological polar surface area (TPSA) is 50.4 Å². The number of benzene rings is 1. The van der Waals surface area contributed by atoms with Crippen molar-refractivity contribution < 1.29 is 9.53 Å². The lowest BCUT2D eigenvalue weighted by molar-refractivity contribution is -0.123. The van der Waals surface area contributed by atoms with E-state index >= 15 is 0 Å². The zero-order valence-electron chi connectivity index (χ0n) is 11.3. The monoisotopic (exact) mass is 316 g/mol. The largest absolute Gasteiger partial charge is 0.482 e. The molecule has 6 heteroatoms. The number of rotatable bonds is 7. The minimum atomic E-state index is -0.118. The van der Waals surface area contributed by atoms with E-state index in [1.807, 2.05) is 6.92 Å². The van der Waals surface area contributed by atoms with Crippen molar-refractivity contribution in [1.29, 1.82) is 0 Å². The van der Waals surface area contributed by atoms with Gasteiger partial charge in [0.15, 0.2) is 6.61 Å². The van der Waals surface area contributed by atoms with Crippen molar-refractivity contribution in [3.63, 3.8) is 0 Å². The van der Waals surface area contributed by atoms with Crippen LogP contribution in [0.4, 0.5) is 0 Å². The molecule has 0 bridgehead atoms. The molecule has 110 valence electrons. The minimum Gasteiger partial charge on any atom is -0.482 e. The van der Waals surface area contributed by atoms with Gasteiger partial charge < -0.3 is 15.4 Å². The summed E-state index contributed by atoms with van der Waals surface area (Å²) in [6.07, 6.45) is 2.11. The highest BCUT2D eigenvalue weighted by atomic mass is 35.5. The third kappa shape index (κ3) is 4.54. The molecule has 1 aliphatic rings. The van der Waals surface area contributed by atoms with Crippen LogP contribution < -0.4 is 15.4 Å². The summed E-state index contributed by atoms with van der Waals surface area (Å²) in [5, 5.41) is 7.03. The molecule has 1 aliphatic carbocycles. The van der Waals surface area contributed by atoms with E-state index < -0.39 is 0 Å². The minimum absolute atomic E-state index is 0.0308. The molecular weight excluding hydrogens is 299 g/mol. The van der Waals surface area contributed by atoms with E-state index in [4.69, 9.17) is 27.9 Å². The molecule has 1 fully saturated rings. The Kier molecular flexibility index (Phi) is 5.52. The number of halogens is 2. The van der Waals surface area contributed by atoms with Gasteiger partial charge in [-0.2, -0.15) is 0 Å². The fraction of sp³-hybridized carbons (Fsp3) is 0.500. The van der Waals surface area contributed by atoms with Gasteiger partial charge in [-0.25, -0.2) is 0 Å². The maximum Gasteiger partial charge on any atom is 0.258 e. The molecule has 0 radical (unpaired) electrons. The summed E-state index contributed by atoms with van der Waals surface area (Å²) in [5.41, 5.74) is 0.851. The first kappa shape index (κ1) is 15.4. The van der Waals surface area contributed by atoms with Crippen LogP contribution in [0.25, 0.3) is 0 Å². The molecule has 1 amide bonds. The van der Waals surface area contributed by atoms with Gasteiger partial charge in [0, 0.05) is 23.2 Å². The summed E-state index contributed by atoms with van der Waals surface area (Å²) in [6, 6.07) is 3.74. The lowest BCUT2D eigenvalue weighted by Crippen LogP contribution is -2.30. The molecule has 0 saturated heterocycles. The third-order valence-electron chi connectivity index (χ3n) is 2.94. The second kappa shape index (κ2) is 7.16. The van der Waals surface area contributed by atoms with Gasteiger partial charge in [0.1, 0.15) is 5.75 Å². The SMILES string of the molecule is CCNCc1cc(Cl)cc(Cl)c1OCC(=O)NC1CC1. The van der Waals surface area contributed by atoms with Gasteiger partial charge >= 0.3 is 0 Å². The van der Waals surface area contributed by atoms with Gasteiger partial charge in [0.25, 0.3) is 5.91 Å². The van der Waals surface area contributed by atoms with Crippen molar-refractivity contribution in [2.45, 2.75) is 32.4 Å². The van der Waals surface area contributed by atoms with E-state index in [0.29, 0.717) is 28.4 Å². The third-order valence-corrected chi connectivity index (χ3v) is 3.44. The lowest BCUT2D eigenvalue weighted by Gasteiger charge is -2.14. The summed E-state index contributed by atoms with van der Waals surface area (Å²) in [7, 11) is 0. The molecule has 0 aromatic heterocycles. The van der Waals surface area contributed by atoms with Gasteiger partial charge in [-0.1, -0.05) is 30.1 Å². The highest BCUT2D eigenvalue weighted by molar-refractivity contribution is 6.35. The van der Waals surface area contributed by atoms with Crippen molar-refractivity contribution in [2.24, 2.45) is 0 Å². The number of amides is 1. The molecule has 0 unspecified atom stereocenters. The summed E-state index contributed by atoms with van der Waals surface area (Å²) in [5.74, 6) is 0.399. The predicted octanol–water partition coefficient (Wildman–Crippen LogP) is 2.76. The second-order valence-electron chi connectivity index (χ2n) is 4.79. The zero-order chi connectivity index (χ0) is 14.5. The van der Waals surface area contributed by atoms with Crippen molar-refractivity contribution in [1.82, 2.24) is 10.6 Å². The first-order valence-electron chi connectivity index (χ1n) is 6.71. The highest BCUT2D eigenvalue weighted by Gasteiger charge is 2.23. The first-order valence-corrected chi connectivity index (χ1v) is 7.46. The van der Waals surface area contributed by atoms with Crippen molar-refractivity contribution >= 4 is 29.1 Å². The zero-order valence-corrected chi connectivity index (χ0v) is 12.9. The molecule has 1 aromatic carbocycles. The molecule has 1 aromatic rings. The lowest BCUT2D eigenvalue weighted by atomic mass is 10.2. The molecule has 0 atom stereocenters. The molecule has 1 saturated carbocycles. The Balaban J connectivity index is 2.01. The molecule has 0 aliphatic heterocycles. The Morgan fingerprint density at radius 1 is 1.40 bits per heavy atom. The number of hydrogen-bond donors (Lipinski definition) is 2. The van der Waals surface area contributed by atoms with Crippen molar-refractivity contribution in [3.8, 4) is 5.75 Å². The van der Waals surface area contributed by atoms with Crippen LogP contribution in [0.5, 0.6) is 5.75 Å². The molecular formula is C14H18Cl2N2O2. The first-order chi connectivity index (χ1) is 9.60. The van der Waals surface area contributed by atoms with Crippen LogP contribution in [0.3, 0.4) is 0 Å².